The van der Waals surface area contributed by atoms with Crippen molar-refractivity contribution in [2.45, 2.75) is 19.3 Å². The van der Waals surface area contributed by atoms with Gasteiger partial charge in [0.1, 0.15) is 0 Å². The SMILES string of the molecule is Nc1ccc(Cl)c(N2CC3(CCC3)C2)c1. The first-order chi connectivity index (χ1) is 7.19. The molecule has 3 rings (SSSR count). The number of anilines is 2. The molecule has 1 spiro atoms. The van der Waals surface area contributed by atoms with Crippen LogP contribution in [-0.4, -0.2) is 13.1 Å². The summed E-state index contributed by atoms with van der Waals surface area (Å²) in [5.74, 6) is 0. The van der Waals surface area contributed by atoms with Crippen molar-refractivity contribution in [2.24, 2.45) is 5.41 Å². The lowest BCUT2D eigenvalue weighted by Crippen LogP contribution is -2.59. The molecule has 1 saturated heterocycles. The highest BCUT2D eigenvalue weighted by atomic mass is 35.5. The molecule has 0 atom stereocenters. The minimum Gasteiger partial charge on any atom is -0.399 e. The van der Waals surface area contributed by atoms with E-state index in [-0.39, 0.29) is 0 Å². The Morgan fingerprint density at radius 1 is 1.27 bits per heavy atom. The molecular formula is C12H15ClN2. The Balaban J connectivity index is 1.80. The molecule has 3 heteroatoms. The summed E-state index contributed by atoms with van der Waals surface area (Å²) >= 11 is 6.16. The smallest absolute Gasteiger partial charge is 0.0641 e. The molecule has 1 saturated carbocycles. The molecule has 0 bridgehead atoms. The molecule has 2 nitrogen and oxygen atoms in total. The molecule has 15 heavy (non-hydrogen) atoms. The quantitative estimate of drug-likeness (QED) is 0.741. The fraction of sp³-hybridized carbons (Fsp3) is 0.500. The fourth-order valence-corrected chi connectivity index (χ4v) is 2.94. The van der Waals surface area contributed by atoms with Crippen LogP contribution in [-0.2, 0) is 0 Å². The second-order valence-electron chi connectivity index (χ2n) is 4.92. The number of halogens is 1. The largest absolute Gasteiger partial charge is 0.399 e. The van der Waals surface area contributed by atoms with Crippen molar-refractivity contribution in [3.63, 3.8) is 0 Å². The second kappa shape index (κ2) is 3.05. The molecular weight excluding hydrogens is 208 g/mol. The van der Waals surface area contributed by atoms with Crippen molar-refractivity contribution in [3.05, 3.63) is 23.2 Å². The number of nitrogens with two attached hydrogens (primary N) is 1. The van der Waals surface area contributed by atoms with E-state index in [1.165, 1.54) is 19.3 Å². The normalized spacial score (nSPS) is 22.3. The van der Waals surface area contributed by atoms with E-state index < -0.39 is 0 Å². The molecule has 2 N–H and O–H groups in total. The van der Waals surface area contributed by atoms with E-state index in [1.807, 2.05) is 18.2 Å². The first kappa shape index (κ1) is 9.34. The van der Waals surface area contributed by atoms with Gasteiger partial charge in [-0.1, -0.05) is 18.0 Å². The lowest BCUT2D eigenvalue weighted by atomic mass is 9.63. The summed E-state index contributed by atoms with van der Waals surface area (Å²) in [6, 6.07) is 5.72. The van der Waals surface area contributed by atoms with Crippen LogP contribution in [0.5, 0.6) is 0 Å². The van der Waals surface area contributed by atoms with Crippen molar-refractivity contribution < 1.29 is 0 Å². The van der Waals surface area contributed by atoms with E-state index in [0.717, 1.165) is 29.5 Å². The van der Waals surface area contributed by atoms with Gasteiger partial charge in [-0.2, -0.15) is 0 Å². The van der Waals surface area contributed by atoms with Crippen molar-refractivity contribution in [1.82, 2.24) is 0 Å². The predicted octanol–water partition coefficient (Wildman–Crippen LogP) is 2.91. The minimum absolute atomic E-state index is 0.633. The lowest BCUT2D eigenvalue weighted by molar-refractivity contribution is 0.0904. The molecule has 1 aliphatic carbocycles. The van der Waals surface area contributed by atoms with Crippen molar-refractivity contribution >= 4 is 23.0 Å². The Bertz CT molecular complexity index is 391. The van der Waals surface area contributed by atoms with Gasteiger partial charge < -0.3 is 10.6 Å². The van der Waals surface area contributed by atoms with Gasteiger partial charge >= 0.3 is 0 Å². The molecule has 1 aromatic carbocycles. The van der Waals surface area contributed by atoms with Crippen LogP contribution in [0.1, 0.15) is 19.3 Å². The third-order valence-corrected chi connectivity index (χ3v) is 4.10. The molecule has 1 aliphatic heterocycles. The van der Waals surface area contributed by atoms with Crippen molar-refractivity contribution in [1.29, 1.82) is 0 Å². The zero-order chi connectivity index (χ0) is 10.5. The van der Waals surface area contributed by atoms with Crippen LogP contribution >= 0.6 is 11.6 Å². The number of nitrogen functional groups attached to an aromatic ring is 1. The highest BCUT2D eigenvalue weighted by Gasteiger charge is 2.47. The topological polar surface area (TPSA) is 29.3 Å². The molecule has 0 aromatic heterocycles. The number of hydrogen-bond acceptors (Lipinski definition) is 2. The second-order valence-corrected chi connectivity index (χ2v) is 5.33. The highest BCUT2D eigenvalue weighted by molar-refractivity contribution is 6.33. The van der Waals surface area contributed by atoms with E-state index in [9.17, 15) is 0 Å². The van der Waals surface area contributed by atoms with Gasteiger partial charge in [-0.05, 0) is 31.0 Å². The summed E-state index contributed by atoms with van der Waals surface area (Å²) in [5.41, 5.74) is 8.31. The standard InChI is InChI=1S/C12H15ClN2/c13-10-3-2-9(14)6-11(10)15-7-12(8-15)4-1-5-12/h2-3,6H,1,4-5,7-8,14H2. The number of nitrogens with zero attached hydrogens (tertiary/aromatic N) is 1. The predicted molar refractivity (Wildman–Crippen MR) is 64.4 cm³/mol. The maximum absolute atomic E-state index is 6.16. The summed E-state index contributed by atoms with van der Waals surface area (Å²) in [5, 5.41) is 0.818. The highest BCUT2D eigenvalue weighted by Crippen LogP contribution is 2.50. The lowest BCUT2D eigenvalue weighted by Gasteiger charge is -2.57. The Morgan fingerprint density at radius 2 is 2.00 bits per heavy atom. The van der Waals surface area contributed by atoms with E-state index in [4.69, 9.17) is 17.3 Å². The maximum Gasteiger partial charge on any atom is 0.0641 e. The van der Waals surface area contributed by atoms with Crippen LogP contribution < -0.4 is 10.6 Å². The summed E-state index contributed by atoms with van der Waals surface area (Å²) in [7, 11) is 0. The number of rotatable bonds is 1. The van der Waals surface area contributed by atoms with Gasteiger partial charge in [0.05, 0.1) is 10.7 Å². The first-order valence-corrected chi connectivity index (χ1v) is 5.86. The van der Waals surface area contributed by atoms with Crippen LogP contribution in [0.15, 0.2) is 18.2 Å². The summed E-state index contributed by atoms with van der Waals surface area (Å²) in [6.07, 6.45) is 4.19. The van der Waals surface area contributed by atoms with E-state index >= 15 is 0 Å². The number of benzene rings is 1. The molecule has 80 valence electrons. The molecule has 1 heterocycles. The van der Waals surface area contributed by atoms with Crippen LogP contribution in [0.2, 0.25) is 5.02 Å². The van der Waals surface area contributed by atoms with Crippen LogP contribution in [0.4, 0.5) is 11.4 Å². The molecule has 0 amide bonds. The zero-order valence-corrected chi connectivity index (χ0v) is 9.43. The van der Waals surface area contributed by atoms with E-state index in [0.29, 0.717) is 5.41 Å². The average Bonchev–Trinajstić information content (AvgIpc) is 2.06. The Kier molecular flexibility index (Phi) is 1.90. The Labute approximate surface area is 95.0 Å². The van der Waals surface area contributed by atoms with Gasteiger partial charge in [0.2, 0.25) is 0 Å². The van der Waals surface area contributed by atoms with Gasteiger partial charge in [-0.15, -0.1) is 0 Å². The van der Waals surface area contributed by atoms with Crippen molar-refractivity contribution in [3.8, 4) is 0 Å². The van der Waals surface area contributed by atoms with Gasteiger partial charge in [0.15, 0.2) is 0 Å². The number of hydrogen-bond donors (Lipinski definition) is 1. The molecule has 0 unspecified atom stereocenters. The van der Waals surface area contributed by atoms with E-state index in [1.54, 1.807) is 0 Å². The monoisotopic (exact) mass is 222 g/mol. The Hall–Kier alpha value is -0.890. The summed E-state index contributed by atoms with van der Waals surface area (Å²) < 4.78 is 0. The van der Waals surface area contributed by atoms with Crippen LogP contribution in [0.25, 0.3) is 0 Å². The third kappa shape index (κ3) is 1.39. The van der Waals surface area contributed by atoms with Crippen LogP contribution in [0, 0.1) is 5.41 Å². The van der Waals surface area contributed by atoms with Gasteiger partial charge in [-0.3, -0.25) is 0 Å². The minimum atomic E-state index is 0.633. The van der Waals surface area contributed by atoms with Crippen LogP contribution in [0.3, 0.4) is 0 Å². The van der Waals surface area contributed by atoms with Crippen molar-refractivity contribution in [2.75, 3.05) is 23.7 Å². The molecule has 0 radical (unpaired) electrons. The molecule has 2 fully saturated rings. The van der Waals surface area contributed by atoms with Gasteiger partial charge in [0.25, 0.3) is 0 Å². The zero-order valence-electron chi connectivity index (χ0n) is 8.67. The molecule has 2 aliphatic rings. The van der Waals surface area contributed by atoms with Gasteiger partial charge in [-0.25, -0.2) is 0 Å². The fourth-order valence-electron chi connectivity index (χ4n) is 2.70. The third-order valence-electron chi connectivity index (χ3n) is 3.78. The maximum atomic E-state index is 6.16. The Morgan fingerprint density at radius 3 is 2.60 bits per heavy atom. The summed E-state index contributed by atoms with van der Waals surface area (Å²) in [4.78, 5) is 2.35. The van der Waals surface area contributed by atoms with E-state index in [2.05, 4.69) is 4.90 Å². The van der Waals surface area contributed by atoms with Gasteiger partial charge in [0, 0.05) is 24.2 Å². The summed E-state index contributed by atoms with van der Waals surface area (Å²) in [6.45, 7) is 2.33. The average molecular weight is 223 g/mol. The molecule has 1 aromatic rings. The first-order valence-electron chi connectivity index (χ1n) is 5.49.